The Hall–Kier alpha value is -0.360. The van der Waals surface area contributed by atoms with E-state index in [1.165, 1.54) is 18.2 Å². The molecule has 1 aromatic carbocycles. The maximum Gasteiger partial charge on any atom is 0.252 e. The number of nitrogens with one attached hydrogen (secondary N) is 1. The Kier molecular flexibility index (Phi) is 5.19. The second kappa shape index (κ2) is 6.00. The molecule has 0 bridgehead atoms. The summed E-state index contributed by atoms with van der Waals surface area (Å²) in [5.74, 6) is -0.0659. The zero-order chi connectivity index (χ0) is 13.1. The van der Waals surface area contributed by atoms with Crippen molar-refractivity contribution in [2.75, 3.05) is 5.88 Å². The van der Waals surface area contributed by atoms with Gasteiger partial charge in [-0.3, -0.25) is 4.79 Å². The molecular formula is C12H14ClFINO. The van der Waals surface area contributed by atoms with Crippen molar-refractivity contribution in [1.29, 1.82) is 0 Å². The van der Waals surface area contributed by atoms with Crippen LogP contribution in [0.2, 0.25) is 0 Å². The van der Waals surface area contributed by atoms with Gasteiger partial charge in [-0.15, -0.1) is 11.6 Å². The van der Waals surface area contributed by atoms with E-state index < -0.39 is 0 Å². The number of benzene rings is 1. The second-order valence-electron chi connectivity index (χ2n) is 4.40. The Morgan fingerprint density at radius 3 is 2.71 bits per heavy atom. The Balaban J connectivity index is 2.83. The molecule has 0 aliphatic rings. The Morgan fingerprint density at radius 2 is 2.18 bits per heavy atom. The monoisotopic (exact) mass is 369 g/mol. The summed E-state index contributed by atoms with van der Waals surface area (Å²) >= 11 is 7.61. The Bertz CT molecular complexity index is 423. The molecule has 0 aromatic heterocycles. The zero-order valence-corrected chi connectivity index (χ0v) is 12.6. The van der Waals surface area contributed by atoms with Gasteiger partial charge in [0, 0.05) is 15.0 Å². The van der Waals surface area contributed by atoms with Crippen LogP contribution in [-0.2, 0) is 0 Å². The summed E-state index contributed by atoms with van der Waals surface area (Å²) in [6.45, 7) is 3.81. The van der Waals surface area contributed by atoms with Gasteiger partial charge in [-0.25, -0.2) is 4.39 Å². The van der Waals surface area contributed by atoms with Crippen LogP contribution in [0.15, 0.2) is 18.2 Å². The van der Waals surface area contributed by atoms with Crippen LogP contribution in [0.1, 0.15) is 30.6 Å². The molecular weight excluding hydrogens is 355 g/mol. The van der Waals surface area contributed by atoms with Gasteiger partial charge < -0.3 is 5.32 Å². The van der Waals surface area contributed by atoms with Gasteiger partial charge in [0.1, 0.15) is 5.82 Å². The molecule has 0 unspecified atom stereocenters. The van der Waals surface area contributed by atoms with Crippen molar-refractivity contribution in [3.8, 4) is 0 Å². The van der Waals surface area contributed by atoms with Crippen LogP contribution in [0.5, 0.6) is 0 Å². The third-order valence-corrected chi connectivity index (χ3v) is 3.43. The molecule has 1 amide bonds. The van der Waals surface area contributed by atoms with E-state index in [0.29, 0.717) is 21.4 Å². The molecule has 0 saturated carbocycles. The van der Waals surface area contributed by atoms with Gasteiger partial charge in [0.05, 0.1) is 5.56 Å². The standard InChI is InChI=1S/C12H14ClFINO/c1-12(2,5-6-13)16-11(17)9-4-3-8(14)7-10(9)15/h3-4,7H,5-6H2,1-2H3,(H,16,17). The number of halogens is 3. The quantitative estimate of drug-likeness (QED) is 0.638. The highest BCUT2D eigenvalue weighted by atomic mass is 127. The fourth-order valence-corrected chi connectivity index (χ4v) is 2.54. The van der Waals surface area contributed by atoms with E-state index in [2.05, 4.69) is 5.32 Å². The first-order valence-electron chi connectivity index (χ1n) is 5.19. The predicted molar refractivity (Wildman–Crippen MR) is 76.0 cm³/mol. The van der Waals surface area contributed by atoms with Crippen LogP contribution < -0.4 is 5.32 Å². The first-order chi connectivity index (χ1) is 7.85. The van der Waals surface area contributed by atoms with Crippen molar-refractivity contribution < 1.29 is 9.18 Å². The van der Waals surface area contributed by atoms with Gasteiger partial charge in [-0.1, -0.05) is 0 Å². The lowest BCUT2D eigenvalue weighted by Gasteiger charge is -2.25. The summed E-state index contributed by atoms with van der Waals surface area (Å²) in [6.07, 6.45) is 0.679. The minimum absolute atomic E-state index is 0.204. The maximum absolute atomic E-state index is 12.9. The third kappa shape index (κ3) is 4.43. The number of amides is 1. The summed E-state index contributed by atoms with van der Waals surface area (Å²) in [4.78, 5) is 12.0. The summed E-state index contributed by atoms with van der Waals surface area (Å²) in [5, 5.41) is 2.88. The molecule has 0 saturated heterocycles. The molecule has 1 aromatic rings. The molecule has 0 aliphatic carbocycles. The molecule has 2 nitrogen and oxygen atoms in total. The molecule has 1 N–H and O–H groups in total. The van der Waals surface area contributed by atoms with Crippen LogP contribution in [0.4, 0.5) is 4.39 Å². The third-order valence-electron chi connectivity index (χ3n) is 2.35. The first-order valence-corrected chi connectivity index (χ1v) is 6.80. The lowest BCUT2D eigenvalue weighted by molar-refractivity contribution is 0.0910. The molecule has 0 aliphatic heterocycles. The van der Waals surface area contributed by atoms with Crippen molar-refractivity contribution >= 4 is 40.1 Å². The summed E-state index contributed by atoms with van der Waals surface area (Å²) < 4.78 is 13.5. The molecule has 0 spiro atoms. The largest absolute Gasteiger partial charge is 0.347 e. The predicted octanol–water partition coefficient (Wildman–Crippen LogP) is 3.57. The van der Waals surface area contributed by atoms with Crippen LogP contribution in [-0.4, -0.2) is 17.3 Å². The van der Waals surface area contributed by atoms with E-state index in [-0.39, 0.29) is 17.3 Å². The van der Waals surface area contributed by atoms with Crippen molar-refractivity contribution in [1.82, 2.24) is 5.32 Å². The SMILES string of the molecule is CC(C)(CCCl)NC(=O)c1ccc(F)cc1I. The maximum atomic E-state index is 12.9. The summed E-state index contributed by atoms with van der Waals surface area (Å²) in [5.41, 5.74) is 0.116. The van der Waals surface area contributed by atoms with Gasteiger partial charge in [-0.05, 0) is 61.1 Å². The van der Waals surface area contributed by atoms with Crippen molar-refractivity contribution in [3.63, 3.8) is 0 Å². The van der Waals surface area contributed by atoms with Crippen LogP contribution in [0, 0.1) is 9.39 Å². The van der Waals surface area contributed by atoms with Gasteiger partial charge in [0.15, 0.2) is 0 Å². The molecule has 0 fully saturated rings. The molecule has 0 atom stereocenters. The van der Waals surface area contributed by atoms with Crippen LogP contribution in [0.3, 0.4) is 0 Å². The van der Waals surface area contributed by atoms with Gasteiger partial charge in [-0.2, -0.15) is 0 Å². The number of carbonyl (C=O) groups excluding carboxylic acids is 1. The topological polar surface area (TPSA) is 29.1 Å². The van der Waals surface area contributed by atoms with Crippen molar-refractivity contribution in [2.24, 2.45) is 0 Å². The van der Waals surface area contributed by atoms with Gasteiger partial charge in [0.25, 0.3) is 5.91 Å². The highest BCUT2D eigenvalue weighted by Gasteiger charge is 2.21. The lowest BCUT2D eigenvalue weighted by atomic mass is 10.0. The van der Waals surface area contributed by atoms with Gasteiger partial charge >= 0.3 is 0 Å². The van der Waals surface area contributed by atoms with E-state index in [9.17, 15) is 9.18 Å². The van der Waals surface area contributed by atoms with Crippen molar-refractivity contribution in [3.05, 3.63) is 33.1 Å². The number of alkyl halides is 1. The van der Waals surface area contributed by atoms with Crippen LogP contribution in [0.25, 0.3) is 0 Å². The minimum atomic E-state index is -0.365. The van der Waals surface area contributed by atoms with E-state index >= 15 is 0 Å². The highest BCUT2D eigenvalue weighted by molar-refractivity contribution is 14.1. The molecule has 5 heteroatoms. The smallest absolute Gasteiger partial charge is 0.252 e. The molecule has 94 valence electrons. The number of hydrogen-bond acceptors (Lipinski definition) is 1. The van der Waals surface area contributed by atoms with E-state index in [1.807, 2.05) is 36.4 Å². The normalized spacial score (nSPS) is 11.4. The lowest BCUT2D eigenvalue weighted by Crippen LogP contribution is -2.43. The fourth-order valence-electron chi connectivity index (χ4n) is 1.35. The summed E-state index contributed by atoms with van der Waals surface area (Å²) in [6, 6.07) is 4.11. The Labute approximate surface area is 119 Å². The average molecular weight is 370 g/mol. The number of hydrogen-bond donors (Lipinski definition) is 1. The van der Waals surface area contributed by atoms with Crippen molar-refractivity contribution in [2.45, 2.75) is 25.8 Å². The molecule has 17 heavy (non-hydrogen) atoms. The minimum Gasteiger partial charge on any atom is -0.347 e. The van der Waals surface area contributed by atoms with Crippen LogP contribution >= 0.6 is 34.2 Å². The molecule has 0 radical (unpaired) electrons. The molecule has 1 rings (SSSR count). The van der Waals surface area contributed by atoms with E-state index in [4.69, 9.17) is 11.6 Å². The highest BCUT2D eigenvalue weighted by Crippen LogP contribution is 2.16. The number of carbonyl (C=O) groups is 1. The molecule has 0 heterocycles. The fraction of sp³-hybridized carbons (Fsp3) is 0.417. The number of rotatable bonds is 4. The van der Waals surface area contributed by atoms with E-state index in [0.717, 1.165) is 0 Å². The van der Waals surface area contributed by atoms with E-state index in [1.54, 1.807) is 0 Å². The Morgan fingerprint density at radius 1 is 1.53 bits per heavy atom. The second-order valence-corrected chi connectivity index (χ2v) is 5.94. The average Bonchev–Trinajstić information content (AvgIpc) is 2.15. The summed E-state index contributed by atoms with van der Waals surface area (Å²) in [7, 11) is 0. The van der Waals surface area contributed by atoms with Gasteiger partial charge in [0.2, 0.25) is 0 Å². The first kappa shape index (κ1) is 14.7. The zero-order valence-electron chi connectivity index (χ0n) is 9.69.